The third-order valence-corrected chi connectivity index (χ3v) is 6.66. The minimum atomic E-state index is -0.688. The summed E-state index contributed by atoms with van der Waals surface area (Å²) < 4.78 is 32.5. The average molecular weight is 580 g/mol. The SMILES string of the molecule is CN(C)CCOc1cc2ncnc(Nc3ccc(Cl)c(Cl)c3F)c2cc1OC1CC(OC(=O)NC(C)(C)C)C1. The lowest BCUT2D eigenvalue weighted by Gasteiger charge is -2.35. The van der Waals surface area contributed by atoms with E-state index in [2.05, 4.69) is 20.6 Å². The van der Waals surface area contributed by atoms with Gasteiger partial charge in [0.1, 0.15) is 31.0 Å². The van der Waals surface area contributed by atoms with E-state index in [0.29, 0.717) is 54.2 Å². The Morgan fingerprint density at radius 1 is 1.13 bits per heavy atom. The van der Waals surface area contributed by atoms with Gasteiger partial charge in [-0.05, 0) is 53.1 Å². The monoisotopic (exact) mass is 579 g/mol. The van der Waals surface area contributed by atoms with Gasteiger partial charge in [-0.25, -0.2) is 19.2 Å². The van der Waals surface area contributed by atoms with Crippen molar-refractivity contribution < 1.29 is 23.4 Å². The van der Waals surface area contributed by atoms with Gasteiger partial charge >= 0.3 is 6.09 Å². The van der Waals surface area contributed by atoms with Crippen molar-refractivity contribution in [2.45, 2.75) is 51.4 Å². The van der Waals surface area contributed by atoms with Crippen LogP contribution in [-0.4, -0.2) is 66.0 Å². The van der Waals surface area contributed by atoms with Gasteiger partial charge in [0, 0.05) is 36.4 Å². The molecule has 0 radical (unpaired) electrons. The number of fused-ring (bicyclic) bond motifs is 1. The molecule has 0 spiro atoms. The van der Waals surface area contributed by atoms with Gasteiger partial charge in [0.25, 0.3) is 0 Å². The zero-order valence-corrected chi connectivity index (χ0v) is 24.0. The van der Waals surface area contributed by atoms with Crippen molar-refractivity contribution in [3.8, 4) is 11.5 Å². The Morgan fingerprint density at radius 3 is 2.56 bits per heavy atom. The maximum atomic E-state index is 14.7. The lowest BCUT2D eigenvalue weighted by Crippen LogP contribution is -2.46. The van der Waals surface area contributed by atoms with Gasteiger partial charge in [-0.2, -0.15) is 0 Å². The molecule has 9 nitrogen and oxygen atoms in total. The molecule has 0 saturated heterocycles. The van der Waals surface area contributed by atoms with E-state index >= 15 is 0 Å². The minimum absolute atomic E-state index is 0.112. The van der Waals surface area contributed by atoms with Gasteiger partial charge in [-0.3, -0.25) is 0 Å². The molecule has 0 unspecified atom stereocenters. The van der Waals surface area contributed by atoms with E-state index in [0.717, 1.165) is 0 Å². The molecule has 3 aromatic rings. The number of alkyl carbamates (subject to hydrolysis) is 1. The first-order valence-corrected chi connectivity index (χ1v) is 13.3. The Labute approximate surface area is 236 Å². The summed E-state index contributed by atoms with van der Waals surface area (Å²) in [6, 6.07) is 6.51. The number of hydrogen-bond acceptors (Lipinski definition) is 8. The normalized spacial score (nSPS) is 17.1. The third-order valence-electron chi connectivity index (χ3n) is 5.88. The summed E-state index contributed by atoms with van der Waals surface area (Å²) >= 11 is 11.9. The summed E-state index contributed by atoms with van der Waals surface area (Å²) in [5, 5.41) is 6.29. The molecule has 2 aromatic carbocycles. The summed E-state index contributed by atoms with van der Waals surface area (Å²) in [6.45, 7) is 6.81. The highest BCUT2D eigenvalue weighted by Gasteiger charge is 2.35. The lowest BCUT2D eigenvalue weighted by atomic mass is 9.92. The molecule has 12 heteroatoms. The van der Waals surface area contributed by atoms with Gasteiger partial charge in [-0.15, -0.1) is 0 Å². The smallest absolute Gasteiger partial charge is 0.407 e. The topological polar surface area (TPSA) is 97.8 Å². The van der Waals surface area contributed by atoms with Crippen LogP contribution in [0.1, 0.15) is 33.6 Å². The van der Waals surface area contributed by atoms with Gasteiger partial charge in [0.2, 0.25) is 0 Å². The second kappa shape index (κ2) is 12.0. The largest absolute Gasteiger partial charge is 0.488 e. The number of amides is 1. The molecule has 4 rings (SSSR count). The first kappa shape index (κ1) is 28.9. The number of anilines is 2. The Balaban J connectivity index is 1.56. The van der Waals surface area contributed by atoms with Gasteiger partial charge < -0.3 is 29.7 Å². The Morgan fingerprint density at radius 2 is 1.87 bits per heavy atom. The van der Waals surface area contributed by atoms with Crippen molar-refractivity contribution in [1.82, 2.24) is 20.2 Å². The highest BCUT2D eigenvalue weighted by Crippen LogP contribution is 2.39. The van der Waals surface area contributed by atoms with Crippen LogP contribution in [0, 0.1) is 5.82 Å². The number of benzene rings is 2. The zero-order chi connectivity index (χ0) is 28.3. The molecule has 1 heterocycles. The van der Waals surface area contributed by atoms with Crippen molar-refractivity contribution in [1.29, 1.82) is 0 Å². The van der Waals surface area contributed by atoms with Crippen LogP contribution in [0.3, 0.4) is 0 Å². The molecule has 0 atom stereocenters. The Kier molecular flexibility index (Phi) is 8.88. The van der Waals surface area contributed by atoms with E-state index in [1.807, 2.05) is 39.8 Å². The van der Waals surface area contributed by atoms with Crippen LogP contribution >= 0.6 is 23.2 Å². The molecule has 210 valence electrons. The number of ether oxygens (including phenoxy) is 3. The summed E-state index contributed by atoms with van der Waals surface area (Å²) in [5.41, 5.74) is 0.314. The van der Waals surface area contributed by atoms with Crippen LogP contribution in [0.15, 0.2) is 30.6 Å². The van der Waals surface area contributed by atoms with Crippen molar-refractivity contribution in [2.24, 2.45) is 0 Å². The van der Waals surface area contributed by atoms with E-state index < -0.39 is 11.9 Å². The number of halogens is 3. The van der Waals surface area contributed by atoms with E-state index in [4.69, 9.17) is 37.4 Å². The summed E-state index contributed by atoms with van der Waals surface area (Å²) in [5.74, 6) is 0.670. The molecule has 1 aliphatic carbocycles. The number of likely N-dealkylation sites (N-methyl/N-ethyl adjacent to an activating group) is 1. The molecule has 2 N–H and O–H groups in total. The van der Waals surface area contributed by atoms with Gasteiger partial charge in [0.15, 0.2) is 17.3 Å². The molecular formula is C27H32Cl2FN5O4. The van der Waals surface area contributed by atoms with E-state index in [9.17, 15) is 9.18 Å². The lowest BCUT2D eigenvalue weighted by molar-refractivity contribution is -0.0253. The van der Waals surface area contributed by atoms with Crippen LogP contribution in [0.2, 0.25) is 10.0 Å². The highest BCUT2D eigenvalue weighted by molar-refractivity contribution is 6.42. The number of carbonyl (C=O) groups excluding carboxylic acids is 1. The first-order valence-electron chi connectivity index (χ1n) is 12.5. The second-order valence-corrected chi connectivity index (χ2v) is 11.4. The van der Waals surface area contributed by atoms with Crippen molar-refractivity contribution >= 4 is 51.7 Å². The van der Waals surface area contributed by atoms with E-state index in [1.54, 1.807) is 12.1 Å². The van der Waals surface area contributed by atoms with E-state index in [-0.39, 0.29) is 33.5 Å². The van der Waals surface area contributed by atoms with Crippen LogP contribution in [-0.2, 0) is 4.74 Å². The summed E-state index contributed by atoms with van der Waals surface area (Å²) in [6.07, 6.45) is 1.58. The molecule has 1 fully saturated rings. The number of hydrogen-bond donors (Lipinski definition) is 2. The molecule has 1 aromatic heterocycles. The van der Waals surface area contributed by atoms with Crippen molar-refractivity contribution in [2.75, 3.05) is 32.6 Å². The second-order valence-electron chi connectivity index (χ2n) is 10.7. The Hall–Kier alpha value is -3.08. The predicted octanol–water partition coefficient (Wildman–Crippen LogP) is 6.19. The fourth-order valence-corrected chi connectivity index (χ4v) is 4.14. The van der Waals surface area contributed by atoms with Crippen LogP contribution in [0.4, 0.5) is 20.7 Å². The zero-order valence-electron chi connectivity index (χ0n) is 22.5. The number of rotatable bonds is 9. The van der Waals surface area contributed by atoms with Crippen LogP contribution in [0.25, 0.3) is 10.9 Å². The van der Waals surface area contributed by atoms with E-state index in [1.165, 1.54) is 18.5 Å². The van der Waals surface area contributed by atoms with Gasteiger partial charge in [-0.1, -0.05) is 23.2 Å². The highest BCUT2D eigenvalue weighted by atomic mass is 35.5. The molecular weight excluding hydrogens is 548 g/mol. The van der Waals surface area contributed by atoms with Crippen molar-refractivity contribution in [3.63, 3.8) is 0 Å². The fourth-order valence-electron chi connectivity index (χ4n) is 3.83. The fraction of sp³-hybridized carbons (Fsp3) is 0.444. The summed E-state index contributed by atoms with van der Waals surface area (Å²) in [4.78, 5) is 22.8. The predicted molar refractivity (Wildman–Crippen MR) is 150 cm³/mol. The average Bonchev–Trinajstić information content (AvgIpc) is 2.82. The first-order chi connectivity index (χ1) is 18.4. The van der Waals surface area contributed by atoms with Gasteiger partial charge in [0.05, 0.1) is 21.2 Å². The number of nitrogens with one attached hydrogen (secondary N) is 2. The molecule has 0 aliphatic heterocycles. The minimum Gasteiger partial charge on any atom is -0.488 e. The molecule has 0 bridgehead atoms. The summed E-state index contributed by atoms with van der Waals surface area (Å²) in [7, 11) is 3.91. The quantitative estimate of drug-likeness (QED) is 0.289. The molecule has 1 amide bonds. The van der Waals surface area contributed by atoms with Crippen LogP contribution in [0.5, 0.6) is 11.5 Å². The van der Waals surface area contributed by atoms with Crippen molar-refractivity contribution in [3.05, 3.63) is 46.5 Å². The van der Waals surface area contributed by atoms with Crippen LogP contribution < -0.4 is 20.1 Å². The standard InChI is InChI=1S/C27H32Cl2FN5O4/c1-27(2,3)34-26(36)39-16-10-15(11-16)38-22-12-17-20(13-21(22)37-9-8-35(4)5)31-14-32-25(17)33-19-7-6-18(28)23(29)24(19)30/h6-7,12-16H,8-11H2,1-5H3,(H,34,36)(H,31,32,33). The maximum Gasteiger partial charge on any atom is 0.407 e. The molecule has 1 saturated carbocycles. The Bertz CT molecular complexity index is 1350. The molecule has 39 heavy (non-hydrogen) atoms. The number of aromatic nitrogens is 2. The number of carbonyl (C=O) groups is 1. The maximum absolute atomic E-state index is 14.7. The third kappa shape index (κ3) is 7.52. The number of nitrogens with zero attached hydrogens (tertiary/aromatic N) is 3. The molecule has 1 aliphatic rings.